The van der Waals surface area contributed by atoms with Gasteiger partial charge in [-0.15, -0.1) is 0 Å². The average molecular weight is 429 g/mol. The van der Waals surface area contributed by atoms with Crippen molar-refractivity contribution in [2.45, 2.75) is 36.6 Å². The molecule has 2 aliphatic rings. The van der Waals surface area contributed by atoms with Crippen LogP contribution in [-0.2, 0) is 14.8 Å². The SMILES string of the molecule is O=C(COC(=O)c1ccc(NC2CC2)nc1)c1ccc(S(=O)(=O)N2CCCC2)cc1. The van der Waals surface area contributed by atoms with E-state index in [0.717, 1.165) is 25.7 Å². The van der Waals surface area contributed by atoms with E-state index in [-0.39, 0.29) is 16.0 Å². The first-order chi connectivity index (χ1) is 14.4. The summed E-state index contributed by atoms with van der Waals surface area (Å²) in [7, 11) is -3.53. The third-order valence-electron chi connectivity index (χ3n) is 5.14. The van der Waals surface area contributed by atoms with Gasteiger partial charge in [0.1, 0.15) is 5.82 Å². The number of rotatable bonds is 8. The van der Waals surface area contributed by atoms with E-state index in [9.17, 15) is 18.0 Å². The van der Waals surface area contributed by atoms with Crippen molar-refractivity contribution in [3.05, 3.63) is 53.7 Å². The molecule has 2 aromatic rings. The molecule has 0 atom stereocenters. The molecule has 0 radical (unpaired) electrons. The number of pyridine rings is 1. The van der Waals surface area contributed by atoms with Crippen molar-refractivity contribution in [2.75, 3.05) is 25.0 Å². The number of ether oxygens (including phenoxy) is 1. The minimum absolute atomic E-state index is 0.156. The van der Waals surface area contributed by atoms with Gasteiger partial charge in [0, 0.05) is 30.9 Å². The monoisotopic (exact) mass is 429 g/mol. The van der Waals surface area contributed by atoms with E-state index in [1.165, 1.54) is 34.8 Å². The third-order valence-corrected chi connectivity index (χ3v) is 7.05. The van der Waals surface area contributed by atoms with Crippen LogP contribution in [0.3, 0.4) is 0 Å². The van der Waals surface area contributed by atoms with E-state index in [1.54, 1.807) is 12.1 Å². The van der Waals surface area contributed by atoms with Crippen LogP contribution in [0.5, 0.6) is 0 Å². The Balaban J connectivity index is 1.32. The van der Waals surface area contributed by atoms with Gasteiger partial charge in [0.05, 0.1) is 10.5 Å². The molecule has 8 nitrogen and oxygen atoms in total. The van der Waals surface area contributed by atoms with Gasteiger partial charge >= 0.3 is 5.97 Å². The fourth-order valence-electron chi connectivity index (χ4n) is 3.22. The lowest BCUT2D eigenvalue weighted by atomic mass is 10.1. The fourth-order valence-corrected chi connectivity index (χ4v) is 4.74. The van der Waals surface area contributed by atoms with Crippen LogP contribution >= 0.6 is 0 Å². The number of Topliss-reactive ketones (excluding diaryl/α,β-unsaturated/α-hetero) is 1. The summed E-state index contributed by atoms with van der Waals surface area (Å²) in [6, 6.07) is 9.48. The molecule has 0 spiro atoms. The van der Waals surface area contributed by atoms with Gasteiger partial charge in [-0.1, -0.05) is 0 Å². The lowest BCUT2D eigenvalue weighted by Gasteiger charge is -2.15. The van der Waals surface area contributed by atoms with Gasteiger partial charge in [-0.2, -0.15) is 4.31 Å². The second kappa shape index (κ2) is 8.53. The minimum Gasteiger partial charge on any atom is -0.454 e. The number of nitrogens with zero attached hydrogens (tertiary/aromatic N) is 2. The molecule has 1 aromatic heterocycles. The highest BCUT2D eigenvalue weighted by Crippen LogP contribution is 2.24. The number of hydrogen-bond acceptors (Lipinski definition) is 7. The number of aromatic nitrogens is 1. The van der Waals surface area contributed by atoms with Crippen molar-refractivity contribution in [2.24, 2.45) is 0 Å². The maximum absolute atomic E-state index is 12.5. The second-order valence-electron chi connectivity index (χ2n) is 7.49. The molecule has 2 fully saturated rings. The zero-order chi connectivity index (χ0) is 21.1. The van der Waals surface area contributed by atoms with Crippen molar-refractivity contribution >= 4 is 27.6 Å². The van der Waals surface area contributed by atoms with Crippen molar-refractivity contribution in [3.8, 4) is 0 Å². The highest BCUT2D eigenvalue weighted by atomic mass is 32.2. The molecule has 1 saturated heterocycles. The predicted molar refractivity (Wildman–Crippen MR) is 110 cm³/mol. The van der Waals surface area contributed by atoms with Crippen LogP contribution in [0.25, 0.3) is 0 Å². The molecule has 30 heavy (non-hydrogen) atoms. The maximum atomic E-state index is 12.5. The molecule has 1 saturated carbocycles. The van der Waals surface area contributed by atoms with Crippen LogP contribution in [0.15, 0.2) is 47.5 Å². The molecule has 0 amide bonds. The van der Waals surface area contributed by atoms with Gasteiger partial charge in [0.25, 0.3) is 0 Å². The Kier molecular flexibility index (Phi) is 5.83. The lowest BCUT2D eigenvalue weighted by molar-refractivity contribution is 0.0474. The molecular formula is C21H23N3O5S. The smallest absolute Gasteiger partial charge is 0.340 e. The van der Waals surface area contributed by atoms with Gasteiger partial charge in [-0.05, 0) is 62.1 Å². The molecule has 158 valence electrons. The number of anilines is 1. The molecule has 1 aromatic carbocycles. The summed E-state index contributed by atoms with van der Waals surface area (Å²) in [5.41, 5.74) is 0.543. The first kappa shape index (κ1) is 20.5. The summed E-state index contributed by atoms with van der Waals surface area (Å²) in [6.45, 7) is 0.607. The number of esters is 1. The Bertz CT molecular complexity index is 1030. The molecule has 0 bridgehead atoms. The van der Waals surface area contributed by atoms with Gasteiger partial charge in [0.2, 0.25) is 10.0 Å². The van der Waals surface area contributed by atoms with E-state index in [4.69, 9.17) is 4.74 Å². The minimum atomic E-state index is -3.53. The van der Waals surface area contributed by atoms with Crippen molar-refractivity contribution in [3.63, 3.8) is 0 Å². The van der Waals surface area contributed by atoms with Gasteiger partial charge in [0.15, 0.2) is 12.4 Å². The van der Waals surface area contributed by atoms with Crippen molar-refractivity contribution < 1.29 is 22.7 Å². The molecule has 4 rings (SSSR count). The number of carbonyl (C=O) groups is 2. The average Bonchev–Trinajstić information content (AvgIpc) is 3.39. The Morgan fingerprint density at radius 2 is 1.70 bits per heavy atom. The lowest BCUT2D eigenvalue weighted by Crippen LogP contribution is -2.27. The number of sulfonamides is 1. The summed E-state index contributed by atoms with van der Waals surface area (Å²) in [5, 5.41) is 3.22. The van der Waals surface area contributed by atoms with Gasteiger partial charge in [-0.25, -0.2) is 18.2 Å². The number of benzene rings is 1. The van der Waals surface area contributed by atoms with Crippen LogP contribution in [0, 0.1) is 0 Å². The topological polar surface area (TPSA) is 106 Å². The Morgan fingerprint density at radius 1 is 1.03 bits per heavy atom. The van der Waals surface area contributed by atoms with E-state index in [2.05, 4.69) is 10.3 Å². The second-order valence-corrected chi connectivity index (χ2v) is 9.42. The summed E-state index contributed by atoms with van der Waals surface area (Å²) >= 11 is 0. The highest BCUT2D eigenvalue weighted by Gasteiger charge is 2.27. The van der Waals surface area contributed by atoms with Crippen molar-refractivity contribution in [1.29, 1.82) is 0 Å². The van der Waals surface area contributed by atoms with E-state index >= 15 is 0 Å². The molecule has 1 aliphatic heterocycles. The summed E-state index contributed by atoms with van der Waals surface area (Å²) in [5.74, 6) is -0.343. The molecule has 2 heterocycles. The van der Waals surface area contributed by atoms with Crippen LogP contribution in [0.4, 0.5) is 5.82 Å². The number of hydrogen-bond donors (Lipinski definition) is 1. The van der Waals surface area contributed by atoms with Crippen LogP contribution < -0.4 is 5.32 Å². The predicted octanol–water partition coefficient (Wildman–Crippen LogP) is 2.48. The van der Waals surface area contributed by atoms with Gasteiger partial charge < -0.3 is 10.1 Å². The Morgan fingerprint density at radius 3 is 2.30 bits per heavy atom. The Hall–Kier alpha value is -2.78. The summed E-state index contributed by atoms with van der Waals surface area (Å²) in [4.78, 5) is 28.8. The normalized spacial score (nSPS) is 16.9. The Labute approximate surface area is 175 Å². The zero-order valence-electron chi connectivity index (χ0n) is 16.4. The number of nitrogens with one attached hydrogen (secondary N) is 1. The molecule has 9 heteroatoms. The summed E-state index contributed by atoms with van der Waals surface area (Å²) in [6.07, 6.45) is 5.37. The quantitative estimate of drug-likeness (QED) is 0.508. The summed E-state index contributed by atoms with van der Waals surface area (Å²) < 4.78 is 31.6. The number of carbonyl (C=O) groups excluding carboxylic acids is 2. The molecular weight excluding hydrogens is 406 g/mol. The van der Waals surface area contributed by atoms with Gasteiger partial charge in [-0.3, -0.25) is 4.79 Å². The largest absolute Gasteiger partial charge is 0.454 e. The maximum Gasteiger partial charge on any atom is 0.340 e. The molecule has 1 N–H and O–H groups in total. The fraction of sp³-hybridized carbons (Fsp3) is 0.381. The van der Waals surface area contributed by atoms with E-state index < -0.39 is 28.4 Å². The van der Waals surface area contributed by atoms with E-state index in [0.29, 0.717) is 24.9 Å². The van der Waals surface area contributed by atoms with Crippen LogP contribution in [0.2, 0.25) is 0 Å². The standard InChI is InChI=1S/C21H23N3O5S/c25-19(14-29-21(26)16-5-10-20(22-13-16)23-17-6-7-17)15-3-8-18(9-4-15)30(27,28)24-11-1-2-12-24/h3-5,8-10,13,17H,1-2,6-7,11-12,14H2,(H,22,23). The van der Waals surface area contributed by atoms with Crippen LogP contribution in [-0.4, -0.2) is 55.2 Å². The first-order valence-electron chi connectivity index (χ1n) is 9.96. The molecule has 1 aliphatic carbocycles. The van der Waals surface area contributed by atoms with Crippen LogP contribution in [0.1, 0.15) is 46.4 Å². The molecule has 0 unspecified atom stereocenters. The third kappa shape index (κ3) is 4.68. The number of ketones is 1. The van der Waals surface area contributed by atoms with Crippen molar-refractivity contribution in [1.82, 2.24) is 9.29 Å². The highest BCUT2D eigenvalue weighted by molar-refractivity contribution is 7.89. The first-order valence-corrected chi connectivity index (χ1v) is 11.4. The zero-order valence-corrected chi connectivity index (χ0v) is 17.2. The van der Waals surface area contributed by atoms with E-state index in [1.807, 2.05) is 0 Å².